The van der Waals surface area contributed by atoms with Crippen molar-refractivity contribution in [2.75, 3.05) is 13.6 Å². The molecule has 2 N–H and O–H groups in total. The third-order valence-electron chi connectivity index (χ3n) is 5.76. The van der Waals surface area contributed by atoms with Crippen LogP contribution < -0.4 is 5.32 Å². The van der Waals surface area contributed by atoms with E-state index in [1.165, 1.54) is 48.8 Å². The number of hydrogen-bond acceptors (Lipinski definition) is 0. The molecule has 0 spiro atoms. The predicted molar refractivity (Wildman–Crippen MR) is 106 cm³/mol. The van der Waals surface area contributed by atoms with Gasteiger partial charge in [-0.25, -0.2) is 0 Å². The number of nitrogens with two attached hydrogens (primary N) is 1. The summed E-state index contributed by atoms with van der Waals surface area (Å²) in [6.45, 7) is 12.7. The van der Waals surface area contributed by atoms with Crippen LogP contribution in [0.15, 0.2) is 57.7 Å². The summed E-state index contributed by atoms with van der Waals surface area (Å²) in [6.07, 6.45) is 15.6. The zero-order valence-corrected chi connectivity index (χ0v) is 16.6. The Morgan fingerprint density at radius 2 is 1.92 bits per heavy atom. The van der Waals surface area contributed by atoms with E-state index in [9.17, 15) is 0 Å². The molecule has 0 aliphatic heterocycles. The minimum atomic E-state index is 0.327. The summed E-state index contributed by atoms with van der Waals surface area (Å²) in [5.74, 6) is 0. The summed E-state index contributed by atoms with van der Waals surface area (Å²) in [6, 6.07) is 0. The van der Waals surface area contributed by atoms with E-state index in [0.717, 1.165) is 6.54 Å². The maximum atomic E-state index is 2.38. The van der Waals surface area contributed by atoms with Gasteiger partial charge in [-0.05, 0) is 80.6 Å². The van der Waals surface area contributed by atoms with Crippen molar-refractivity contribution < 1.29 is 5.32 Å². The standard InChI is InChI=1S/C23H35N/c1-17(9-11-20-12-13-21(16-24-6)19(20)3)10-14-22-18(2)8-7-15-23(22,4)5/h9-11,14,24H,7-8,12-13,15-16H2,1-6H3/p+1/b14-10+,17-9+,20-11+. The second-order valence-electron chi connectivity index (χ2n) is 8.21. The molecule has 0 saturated carbocycles. The zero-order chi connectivity index (χ0) is 17.7. The second-order valence-corrected chi connectivity index (χ2v) is 8.21. The van der Waals surface area contributed by atoms with Gasteiger partial charge in [0.25, 0.3) is 0 Å². The lowest BCUT2D eigenvalue weighted by atomic mass is 9.72. The average Bonchev–Trinajstić information content (AvgIpc) is 2.85. The molecule has 1 heteroatoms. The largest absolute Gasteiger partial charge is 0.345 e. The Bertz CT molecular complexity index is 620. The number of likely N-dealkylation sites (N-methyl/N-ethyl adjacent to an activating group) is 1. The molecule has 24 heavy (non-hydrogen) atoms. The first-order valence-corrected chi connectivity index (χ1v) is 9.57. The SMILES string of the molecule is C[NH2+]CC1=C(C)/C(=C/C=C(C)/C=C/C2=C(C)CCCC2(C)C)CC1. The highest BCUT2D eigenvalue weighted by molar-refractivity contribution is 5.43. The van der Waals surface area contributed by atoms with Gasteiger partial charge in [0.15, 0.2) is 0 Å². The van der Waals surface area contributed by atoms with Crippen molar-refractivity contribution in [3.05, 3.63) is 57.7 Å². The van der Waals surface area contributed by atoms with Gasteiger partial charge < -0.3 is 5.32 Å². The maximum Gasteiger partial charge on any atom is 0.0975 e. The summed E-state index contributed by atoms with van der Waals surface area (Å²) in [7, 11) is 2.15. The summed E-state index contributed by atoms with van der Waals surface area (Å²) < 4.78 is 0. The van der Waals surface area contributed by atoms with Crippen molar-refractivity contribution >= 4 is 0 Å². The van der Waals surface area contributed by atoms with Crippen LogP contribution in [0.1, 0.15) is 66.7 Å². The van der Waals surface area contributed by atoms with E-state index in [0.29, 0.717) is 5.41 Å². The Labute approximate surface area is 149 Å². The molecule has 0 unspecified atom stereocenters. The van der Waals surface area contributed by atoms with Gasteiger partial charge in [0.05, 0.1) is 13.6 Å². The summed E-state index contributed by atoms with van der Waals surface area (Å²) in [4.78, 5) is 0. The molecule has 0 amide bonds. The van der Waals surface area contributed by atoms with Crippen LogP contribution in [-0.2, 0) is 0 Å². The highest BCUT2D eigenvalue weighted by atomic mass is 14.8. The molecule has 0 aromatic carbocycles. The van der Waals surface area contributed by atoms with Crippen molar-refractivity contribution in [3.8, 4) is 0 Å². The van der Waals surface area contributed by atoms with Gasteiger partial charge >= 0.3 is 0 Å². The monoisotopic (exact) mass is 326 g/mol. The lowest BCUT2D eigenvalue weighted by molar-refractivity contribution is -0.619. The van der Waals surface area contributed by atoms with Crippen LogP contribution in [0.5, 0.6) is 0 Å². The van der Waals surface area contributed by atoms with Crippen LogP contribution >= 0.6 is 0 Å². The van der Waals surface area contributed by atoms with Crippen LogP contribution in [0, 0.1) is 5.41 Å². The molecule has 0 atom stereocenters. The van der Waals surface area contributed by atoms with Crippen LogP contribution in [0.2, 0.25) is 0 Å². The number of quaternary nitrogens is 1. The first-order chi connectivity index (χ1) is 11.3. The van der Waals surface area contributed by atoms with Crippen LogP contribution in [0.3, 0.4) is 0 Å². The van der Waals surface area contributed by atoms with E-state index in [4.69, 9.17) is 0 Å². The molecule has 132 valence electrons. The van der Waals surface area contributed by atoms with E-state index in [1.54, 1.807) is 16.7 Å². The second kappa shape index (κ2) is 8.16. The van der Waals surface area contributed by atoms with E-state index < -0.39 is 0 Å². The van der Waals surface area contributed by atoms with Gasteiger partial charge in [0.1, 0.15) is 0 Å². The minimum absolute atomic E-state index is 0.327. The van der Waals surface area contributed by atoms with E-state index in [1.807, 2.05) is 0 Å². The molecule has 0 radical (unpaired) electrons. The number of allylic oxidation sites excluding steroid dienone is 9. The lowest BCUT2D eigenvalue weighted by Crippen LogP contribution is -2.80. The zero-order valence-electron chi connectivity index (χ0n) is 16.6. The third kappa shape index (κ3) is 4.60. The van der Waals surface area contributed by atoms with Crippen molar-refractivity contribution in [1.82, 2.24) is 0 Å². The molecule has 2 aliphatic carbocycles. The topological polar surface area (TPSA) is 16.6 Å². The number of rotatable bonds is 5. The van der Waals surface area contributed by atoms with E-state index in [-0.39, 0.29) is 0 Å². The van der Waals surface area contributed by atoms with Crippen molar-refractivity contribution in [2.24, 2.45) is 5.41 Å². The van der Waals surface area contributed by atoms with Gasteiger partial charge in [-0.3, -0.25) is 0 Å². The molecule has 1 nitrogen and oxygen atoms in total. The van der Waals surface area contributed by atoms with Crippen molar-refractivity contribution in [2.45, 2.75) is 66.7 Å². The average molecular weight is 327 g/mol. The molecular formula is C23H36N+. The molecule has 0 bridgehead atoms. The fourth-order valence-corrected chi connectivity index (χ4v) is 4.11. The Hall–Kier alpha value is -1.34. The quantitative estimate of drug-likeness (QED) is 0.665. The predicted octanol–water partition coefficient (Wildman–Crippen LogP) is 5.25. The molecule has 0 aromatic rings. The Balaban J connectivity index is 2.11. The van der Waals surface area contributed by atoms with Crippen LogP contribution in [-0.4, -0.2) is 13.6 Å². The van der Waals surface area contributed by atoms with E-state index >= 15 is 0 Å². The number of hydrogen-bond donors (Lipinski definition) is 1. The van der Waals surface area contributed by atoms with E-state index in [2.05, 4.69) is 71.3 Å². The summed E-state index contributed by atoms with van der Waals surface area (Å²) in [5.41, 5.74) is 9.45. The Morgan fingerprint density at radius 3 is 2.58 bits per heavy atom. The molecule has 0 heterocycles. The van der Waals surface area contributed by atoms with Gasteiger partial charge in [-0.15, -0.1) is 0 Å². The minimum Gasteiger partial charge on any atom is -0.345 e. The first kappa shape index (κ1) is 19.0. The molecule has 2 aliphatic rings. The van der Waals surface area contributed by atoms with Crippen molar-refractivity contribution in [3.63, 3.8) is 0 Å². The molecule has 2 rings (SSSR count). The smallest absolute Gasteiger partial charge is 0.0975 e. The molecular weight excluding hydrogens is 290 g/mol. The van der Waals surface area contributed by atoms with Gasteiger partial charge in [-0.1, -0.05) is 49.3 Å². The van der Waals surface area contributed by atoms with Crippen molar-refractivity contribution in [1.29, 1.82) is 0 Å². The fourth-order valence-electron chi connectivity index (χ4n) is 4.11. The maximum absolute atomic E-state index is 2.38. The normalized spacial score (nSPS) is 23.9. The molecule has 0 aromatic heterocycles. The summed E-state index contributed by atoms with van der Waals surface area (Å²) >= 11 is 0. The fraction of sp³-hybridized carbons (Fsp3) is 0.565. The summed E-state index contributed by atoms with van der Waals surface area (Å²) in [5, 5.41) is 2.27. The van der Waals surface area contributed by atoms with Crippen LogP contribution in [0.4, 0.5) is 0 Å². The molecule has 0 saturated heterocycles. The van der Waals surface area contributed by atoms with Gasteiger partial charge in [0.2, 0.25) is 0 Å². The van der Waals surface area contributed by atoms with Gasteiger partial charge in [-0.2, -0.15) is 0 Å². The van der Waals surface area contributed by atoms with Gasteiger partial charge in [0, 0.05) is 0 Å². The Kier molecular flexibility index (Phi) is 6.46. The first-order valence-electron chi connectivity index (χ1n) is 9.57. The highest BCUT2D eigenvalue weighted by Crippen LogP contribution is 2.40. The molecule has 0 fully saturated rings. The van der Waals surface area contributed by atoms with Crippen LogP contribution in [0.25, 0.3) is 0 Å². The highest BCUT2D eigenvalue weighted by Gasteiger charge is 2.26. The lowest BCUT2D eigenvalue weighted by Gasteiger charge is -2.32. The Morgan fingerprint density at radius 1 is 1.17 bits per heavy atom. The third-order valence-corrected chi connectivity index (χ3v) is 5.76.